The molecule has 0 bridgehead atoms. The lowest BCUT2D eigenvalue weighted by molar-refractivity contribution is -0.124. The van der Waals surface area contributed by atoms with E-state index in [-0.39, 0.29) is 5.75 Å². The highest BCUT2D eigenvalue weighted by molar-refractivity contribution is 9.11. The number of rotatable bonds is 6. The number of ether oxygens (including phenoxy) is 1. The van der Waals surface area contributed by atoms with Gasteiger partial charge < -0.3 is 9.84 Å². The summed E-state index contributed by atoms with van der Waals surface area (Å²) in [6, 6.07) is 10.5. The maximum absolute atomic E-state index is 12.5. The summed E-state index contributed by atoms with van der Waals surface area (Å²) < 4.78 is 6.67. The van der Waals surface area contributed by atoms with Gasteiger partial charge in [0.15, 0.2) is 0 Å². The minimum atomic E-state index is -0.919. The van der Waals surface area contributed by atoms with Crippen LogP contribution in [0.25, 0.3) is 0 Å². The van der Waals surface area contributed by atoms with Gasteiger partial charge in [0.2, 0.25) is 0 Å². The van der Waals surface area contributed by atoms with Crippen LogP contribution >= 0.6 is 31.9 Å². The number of amides is 2. The lowest BCUT2D eigenvalue weighted by Crippen LogP contribution is -2.22. The van der Waals surface area contributed by atoms with E-state index in [1.165, 1.54) is 11.6 Å². The number of halogens is 2. The Kier molecular flexibility index (Phi) is 8.24. The van der Waals surface area contributed by atoms with E-state index in [4.69, 9.17) is 9.94 Å². The molecule has 0 radical (unpaired) electrons. The van der Waals surface area contributed by atoms with E-state index in [1.54, 1.807) is 31.2 Å². The minimum Gasteiger partial charge on any atom is -0.506 e. The first-order chi connectivity index (χ1) is 13.7. The minimum absolute atomic E-state index is 0.0896. The maximum atomic E-state index is 12.5. The van der Waals surface area contributed by atoms with E-state index in [9.17, 15) is 14.7 Å². The zero-order valence-electron chi connectivity index (χ0n) is 15.6. The third kappa shape index (κ3) is 6.59. The zero-order chi connectivity index (χ0) is 21.6. The molecule has 0 fully saturated rings. The fourth-order valence-electron chi connectivity index (χ4n) is 2.53. The highest BCUT2D eigenvalue weighted by Gasteiger charge is 2.26. The lowest BCUT2D eigenvalue weighted by atomic mass is 9.96. The molecule has 0 saturated carbocycles. The van der Waals surface area contributed by atoms with Gasteiger partial charge in [0.05, 0.1) is 4.47 Å². The van der Waals surface area contributed by atoms with Gasteiger partial charge in [-0.25, -0.2) is 10.3 Å². The fraction of sp³-hybridized carbons (Fsp3) is 0.200. The normalized spacial score (nSPS) is 13.0. The largest absolute Gasteiger partial charge is 0.506 e. The number of hydrogen-bond acceptors (Lipinski definition) is 5. The molecule has 2 aromatic rings. The molecule has 0 unspecified atom stereocenters. The van der Waals surface area contributed by atoms with Crippen molar-refractivity contribution < 1.29 is 24.6 Å². The van der Waals surface area contributed by atoms with Gasteiger partial charge >= 0.3 is 6.09 Å². The number of carbonyl (C=O) groups is 2. The van der Waals surface area contributed by atoms with Crippen molar-refractivity contribution in [2.75, 3.05) is 5.32 Å². The molecule has 9 heteroatoms. The van der Waals surface area contributed by atoms with Crippen LogP contribution in [0.2, 0.25) is 0 Å². The van der Waals surface area contributed by atoms with Crippen LogP contribution in [-0.4, -0.2) is 22.3 Å². The second-order valence-electron chi connectivity index (χ2n) is 6.34. The fourth-order valence-corrected chi connectivity index (χ4v) is 3.79. The third-order valence-electron chi connectivity index (χ3n) is 4.04. The first kappa shape index (κ1) is 22.9. The van der Waals surface area contributed by atoms with Crippen molar-refractivity contribution in [2.24, 2.45) is 5.92 Å². The van der Waals surface area contributed by atoms with Crippen molar-refractivity contribution in [1.82, 2.24) is 5.48 Å². The molecule has 0 aromatic heterocycles. The van der Waals surface area contributed by atoms with Crippen LogP contribution in [0.4, 0.5) is 10.5 Å². The van der Waals surface area contributed by atoms with Crippen LogP contribution in [0.3, 0.4) is 0 Å². The Hall–Kier alpha value is -2.36. The summed E-state index contributed by atoms with van der Waals surface area (Å²) in [5, 5.41) is 21.8. The molecular formula is C20H20Br2N2O5. The van der Waals surface area contributed by atoms with Crippen molar-refractivity contribution in [1.29, 1.82) is 0 Å². The monoisotopic (exact) mass is 526 g/mol. The molecule has 2 amide bonds. The molecule has 2 rings (SSSR count). The molecule has 2 aromatic carbocycles. The van der Waals surface area contributed by atoms with Gasteiger partial charge in [0.25, 0.3) is 5.91 Å². The highest BCUT2D eigenvalue weighted by Crippen LogP contribution is 2.40. The van der Waals surface area contributed by atoms with Crippen molar-refractivity contribution in [3.05, 3.63) is 68.6 Å². The number of aromatic hydroxyl groups is 1. The molecule has 4 N–H and O–H groups in total. The van der Waals surface area contributed by atoms with Crippen molar-refractivity contribution in [3.8, 4) is 5.75 Å². The van der Waals surface area contributed by atoms with E-state index in [0.29, 0.717) is 20.2 Å². The standard InChI is InChI=1S/C20H20Br2N2O5/c1-11-3-6-14(7-4-11)23-20(27)29-19(12(2)5-8-17(25)24-28)15-9-13(21)10-16(22)18(15)26/h3-10,12,19,26,28H,1-2H3,(H,23,27)(H,24,25)/b8-5+/t12-,19-/m0/s1. The topological polar surface area (TPSA) is 108 Å². The summed E-state index contributed by atoms with van der Waals surface area (Å²) in [5.41, 5.74) is 3.44. The first-order valence-electron chi connectivity index (χ1n) is 8.55. The summed E-state index contributed by atoms with van der Waals surface area (Å²) in [6.45, 7) is 3.64. The molecule has 0 aliphatic carbocycles. The second kappa shape index (κ2) is 10.4. The zero-order valence-corrected chi connectivity index (χ0v) is 18.8. The van der Waals surface area contributed by atoms with Crippen LogP contribution in [0.1, 0.15) is 24.2 Å². The Labute approximate surface area is 185 Å². The molecule has 154 valence electrons. The molecule has 2 atom stereocenters. The van der Waals surface area contributed by atoms with Gasteiger partial charge in [-0.3, -0.25) is 15.3 Å². The molecule has 0 heterocycles. The van der Waals surface area contributed by atoms with Crippen LogP contribution in [0.5, 0.6) is 5.75 Å². The highest BCUT2D eigenvalue weighted by atomic mass is 79.9. The Morgan fingerprint density at radius 1 is 1.17 bits per heavy atom. The summed E-state index contributed by atoms with van der Waals surface area (Å²) >= 11 is 6.62. The predicted molar refractivity (Wildman–Crippen MR) is 116 cm³/mol. The van der Waals surface area contributed by atoms with Gasteiger partial charge in [0.1, 0.15) is 11.9 Å². The van der Waals surface area contributed by atoms with E-state index >= 15 is 0 Å². The lowest BCUT2D eigenvalue weighted by Gasteiger charge is -2.24. The van der Waals surface area contributed by atoms with Crippen LogP contribution in [-0.2, 0) is 9.53 Å². The number of nitrogens with one attached hydrogen (secondary N) is 2. The second-order valence-corrected chi connectivity index (χ2v) is 8.11. The van der Waals surface area contributed by atoms with Crippen molar-refractivity contribution in [3.63, 3.8) is 0 Å². The number of phenols is 1. The number of carbonyl (C=O) groups excluding carboxylic acids is 2. The van der Waals surface area contributed by atoms with Gasteiger partial charge in [-0.2, -0.15) is 0 Å². The first-order valence-corrected chi connectivity index (χ1v) is 10.1. The van der Waals surface area contributed by atoms with Crippen molar-refractivity contribution >= 4 is 49.5 Å². The Morgan fingerprint density at radius 3 is 2.45 bits per heavy atom. The number of aryl methyl sites for hydroxylation is 1. The van der Waals surface area contributed by atoms with Gasteiger partial charge in [0, 0.05) is 27.7 Å². The molecule has 0 spiro atoms. The average molecular weight is 528 g/mol. The SMILES string of the molecule is Cc1ccc(NC(=O)O[C@H](c2cc(Br)cc(Br)c2O)[C@@H](C)/C=C/C(=O)NO)cc1. The van der Waals surface area contributed by atoms with Gasteiger partial charge in [-0.05, 0) is 47.1 Å². The number of phenolic OH excluding ortho intramolecular Hbond substituents is 1. The summed E-state index contributed by atoms with van der Waals surface area (Å²) in [6.07, 6.45) is 0.935. The third-order valence-corrected chi connectivity index (χ3v) is 5.10. The van der Waals surface area contributed by atoms with E-state index < -0.39 is 24.0 Å². The summed E-state index contributed by atoms with van der Waals surface area (Å²) in [4.78, 5) is 23.8. The molecule has 29 heavy (non-hydrogen) atoms. The average Bonchev–Trinajstić information content (AvgIpc) is 2.68. The van der Waals surface area contributed by atoms with Crippen LogP contribution in [0, 0.1) is 12.8 Å². The van der Waals surface area contributed by atoms with Crippen LogP contribution < -0.4 is 10.8 Å². The molecular weight excluding hydrogens is 508 g/mol. The summed E-state index contributed by atoms with van der Waals surface area (Å²) in [7, 11) is 0. The van der Waals surface area contributed by atoms with E-state index in [1.807, 2.05) is 19.1 Å². The summed E-state index contributed by atoms with van der Waals surface area (Å²) in [5.74, 6) is -1.32. The Morgan fingerprint density at radius 2 is 1.83 bits per heavy atom. The van der Waals surface area contributed by atoms with Gasteiger partial charge in [-0.15, -0.1) is 0 Å². The number of benzene rings is 2. The van der Waals surface area contributed by atoms with E-state index in [2.05, 4.69) is 37.2 Å². The molecule has 0 aliphatic rings. The molecule has 0 aliphatic heterocycles. The number of hydroxylamine groups is 1. The Bertz CT molecular complexity index is 916. The maximum Gasteiger partial charge on any atom is 0.412 e. The van der Waals surface area contributed by atoms with E-state index in [0.717, 1.165) is 11.6 Å². The Balaban J connectivity index is 2.31. The smallest absolute Gasteiger partial charge is 0.412 e. The predicted octanol–water partition coefficient (Wildman–Crippen LogP) is 5.21. The number of hydrogen-bond donors (Lipinski definition) is 4. The number of anilines is 1. The molecule has 0 saturated heterocycles. The van der Waals surface area contributed by atoms with Crippen LogP contribution in [0.15, 0.2) is 57.5 Å². The molecule has 7 nitrogen and oxygen atoms in total. The quantitative estimate of drug-likeness (QED) is 0.234. The van der Waals surface area contributed by atoms with Gasteiger partial charge in [-0.1, -0.05) is 46.6 Å². The van der Waals surface area contributed by atoms with Crippen molar-refractivity contribution in [2.45, 2.75) is 20.0 Å².